The van der Waals surface area contributed by atoms with Gasteiger partial charge in [-0.25, -0.2) is 4.79 Å². The molecule has 0 heterocycles. The molecule has 0 saturated heterocycles. The van der Waals surface area contributed by atoms with Crippen LogP contribution < -0.4 is 11.1 Å². The topological polar surface area (TPSA) is 81.4 Å². The Balaban J connectivity index is 2.72. The third-order valence-corrected chi connectivity index (χ3v) is 1.79. The highest BCUT2D eigenvalue weighted by Crippen LogP contribution is 2.13. The maximum atomic E-state index is 11.5. The molecule has 0 aliphatic heterocycles. The highest BCUT2D eigenvalue weighted by molar-refractivity contribution is 5.95. The van der Waals surface area contributed by atoms with E-state index in [0.717, 1.165) is 0 Å². The van der Waals surface area contributed by atoms with Crippen LogP contribution in [0.15, 0.2) is 24.3 Å². The van der Waals surface area contributed by atoms with Crippen LogP contribution in [0.5, 0.6) is 0 Å². The summed E-state index contributed by atoms with van der Waals surface area (Å²) in [6, 6.07) is 6.35. The van der Waals surface area contributed by atoms with Crippen molar-refractivity contribution in [3.05, 3.63) is 29.8 Å². The van der Waals surface area contributed by atoms with Crippen LogP contribution in [0.25, 0.3) is 0 Å². The molecule has 0 fully saturated rings. The van der Waals surface area contributed by atoms with Crippen molar-refractivity contribution in [1.82, 2.24) is 0 Å². The molecule has 1 rings (SSSR count). The van der Waals surface area contributed by atoms with Crippen molar-refractivity contribution in [3.63, 3.8) is 0 Å². The molecule has 0 aliphatic rings. The summed E-state index contributed by atoms with van der Waals surface area (Å²) < 4.78 is 5.08. The molecular weight excluding hydrogens is 220 g/mol. The van der Waals surface area contributed by atoms with Gasteiger partial charge in [0.05, 0.1) is 0 Å². The number of anilines is 1. The lowest BCUT2D eigenvalue weighted by Gasteiger charge is -2.19. The van der Waals surface area contributed by atoms with Gasteiger partial charge in [0.2, 0.25) is 5.91 Å². The van der Waals surface area contributed by atoms with Gasteiger partial charge in [-0.05, 0) is 39.0 Å². The zero-order valence-electron chi connectivity index (χ0n) is 10.1. The van der Waals surface area contributed by atoms with Crippen molar-refractivity contribution in [2.45, 2.75) is 26.4 Å². The van der Waals surface area contributed by atoms with Gasteiger partial charge in [0.15, 0.2) is 0 Å². The standard InChI is InChI=1S/C12H16N2O3/c1-12(2,3)17-11(16)14-9-6-4-5-8(7-9)10(13)15/h4-7H,1-3H3,(H2,13,15)(H,14,16). The lowest BCUT2D eigenvalue weighted by Crippen LogP contribution is -2.27. The van der Waals surface area contributed by atoms with Crippen LogP contribution in [-0.2, 0) is 4.74 Å². The molecule has 0 spiro atoms. The summed E-state index contributed by atoms with van der Waals surface area (Å²) in [5.74, 6) is -0.544. The molecule has 0 aromatic heterocycles. The van der Waals surface area contributed by atoms with Crippen molar-refractivity contribution >= 4 is 17.7 Å². The number of rotatable bonds is 2. The number of amides is 2. The lowest BCUT2D eigenvalue weighted by atomic mass is 10.2. The SMILES string of the molecule is CC(C)(C)OC(=O)Nc1cccc(C(N)=O)c1. The van der Waals surface area contributed by atoms with Gasteiger partial charge in [-0.3, -0.25) is 10.1 Å². The second-order valence-corrected chi connectivity index (χ2v) is 4.57. The molecule has 5 heteroatoms. The summed E-state index contributed by atoms with van der Waals surface area (Å²) in [7, 11) is 0. The third-order valence-electron chi connectivity index (χ3n) is 1.79. The van der Waals surface area contributed by atoms with Crippen molar-refractivity contribution in [1.29, 1.82) is 0 Å². The van der Waals surface area contributed by atoms with Crippen LogP contribution in [-0.4, -0.2) is 17.6 Å². The van der Waals surface area contributed by atoms with Gasteiger partial charge in [0, 0.05) is 11.3 Å². The Hall–Kier alpha value is -2.04. The molecule has 1 aromatic carbocycles. The first-order chi connectivity index (χ1) is 7.78. The maximum Gasteiger partial charge on any atom is 0.412 e. The minimum absolute atomic E-state index is 0.332. The van der Waals surface area contributed by atoms with E-state index >= 15 is 0 Å². The summed E-state index contributed by atoms with van der Waals surface area (Å²) in [6.45, 7) is 5.31. The summed E-state index contributed by atoms with van der Waals surface area (Å²) in [5, 5.41) is 2.52. The molecule has 1 aromatic rings. The van der Waals surface area contributed by atoms with E-state index in [-0.39, 0.29) is 0 Å². The van der Waals surface area contributed by atoms with Gasteiger partial charge in [-0.15, -0.1) is 0 Å². The molecule has 0 radical (unpaired) electrons. The van der Waals surface area contributed by atoms with Crippen LogP contribution in [0.2, 0.25) is 0 Å². The molecule has 0 saturated carbocycles. The molecular formula is C12H16N2O3. The molecule has 0 atom stereocenters. The fraction of sp³-hybridized carbons (Fsp3) is 0.333. The van der Waals surface area contributed by atoms with Gasteiger partial charge in [0.1, 0.15) is 5.60 Å². The van der Waals surface area contributed by atoms with E-state index in [9.17, 15) is 9.59 Å². The minimum atomic E-state index is -0.570. The Morgan fingerprint density at radius 3 is 2.47 bits per heavy atom. The summed E-state index contributed by atoms with van der Waals surface area (Å²) in [5.41, 5.74) is 5.37. The first-order valence-corrected chi connectivity index (χ1v) is 5.18. The van der Waals surface area contributed by atoms with Crippen LogP contribution >= 0.6 is 0 Å². The normalized spacial score (nSPS) is 10.8. The molecule has 2 amide bonds. The average Bonchev–Trinajstić information content (AvgIpc) is 2.14. The fourth-order valence-corrected chi connectivity index (χ4v) is 1.17. The highest BCUT2D eigenvalue weighted by Gasteiger charge is 2.16. The highest BCUT2D eigenvalue weighted by atomic mass is 16.6. The first kappa shape index (κ1) is 13.0. The Kier molecular flexibility index (Phi) is 3.73. The number of carbonyl (C=O) groups excluding carboxylic acids is 2. The van der Waals surface area contributed by atoms with Crippen LogP contribution in [0.4, 0.5) is 10.5 Å². The van der Waals surface area contributed by atoms with Crippen molar-refractivity contribution in [3.8, 4) is 0 Å². The second kappa shape index (κ2) is 4.86. The number of carbonyl (C=O) groups is 2. The van der Waals surface area contributed by atoms with E-state index < -0.39 is 17.6 Å². The van der Waals surface area contributed by atoms with Crippen molar-refractivity contribution in [2.75, 3.05) is 5.32 Å². The number of nitrogens with one attached hydrogen (secondary N) is 1. The van der Waals surface area contributed by atoms with Crippen molar-refractivity contribution in [2.24, 2.45) is 5.73 Å². The zero-order valence-corrected chi connectivity index (χ0v) is 10.1. The largest absolute Gasteiger partial charge is 0.444 e. The minimum Gasteiger partial charge on any atom is -0.444 e. The monoisotopic (exact) mass is 236 g/mol. The molecule has 0 aliphatic carbocycles. The zero-order chi connectivity index (χ0) is 13.1. The number of primary amides is 1. The van der Waals surface area contributed by atoms with Crippen molar-refractivity contribution < 1.29 is 14.3 Å². The van der Waals surface area contributed by atoms with Gasteiger partial charge in [-0.1, -0.05) is 6.07 Å². The van der Waals surface area contributed by atoms with Gasteiger partial charge in [0.25, 0.3) is 0 Å². The Labute approximate surface area is 99.9 Å². The van der Waals surface area contributed by atoms with Gasteiger partial charge in [-0.2, -0.15) is 0 Å². The predicted molar refractivity (Wildman–Crippen MR) is 64.8 cm³/mol. The lowest BCUT2D eigenvalue weighted by molar-refractivity contribution is 0.0635. The average molecular weight is 236 g/mol. The number of nitrogens with two attached hydrogens (primary N) is 1. The molecule has 3 N–H and O–H groups in total. The van der Waals surface area contributed by atoms with E-state index in [1.165, 1.54) is 6.07 Å². The smallest absolute Gasteiger partial charge is 0.412 e. The Morgan fingerprint density at radius 1 is 1.29 bits per heavy atom. The molecule has 92 valence electrons. The van der Waals surface area contributed by atoms with E-state index in [0.29, 0.717) is 11.3 Å². The summed E-state index contributed by atoms with van der Waals surface area (Å²) in [4.78, 5) is 22.4. The maximum absolute atomic E-state index is 11.5. The third kappa shape index (κ3) is 4.55. The number of benzene rings is 1. The Morgan fingerprint density at radius 2 is 1.94 bits per heavy atom. The number of ether oxygens (including phenoxy) is 1. The van der Waals surface area contributed by atoms with Gasteiger partial charge < -0.3 is 10.5 Å². The van der Waals surface area contributed by atoms with E-state index in [4.69, 9.17) is 10.5 Å². The van der Waals surface area contributed by atoms with Gasteiger partial charge >= 0.3 is 6.09 Å². The summed E-state index contributed by atoms with van der Waals surface area (Å²) in [6.07, 6.45) is -0.570. The second-order valence-electron chi connectivity index (χ2n) is 4.57. The van der Waals surface area contributed by atoms with Crippen LogP contribution in [0.3, 0.4) is 0 Å². The Bertz CT molecular complexity index is 436. The predicted octanol–water partition coefficient (Wildman–Crippen LogP) is 2.13. The number of hydrogen-bond donors (Lipinski definition) is 2. The van der Waals surface area contributed by atoms with E-state index in [1.807, 2.05) is 0 Å². The number of hydrogen-bond acceptors (Lipinski definition) is 3. The summed E-state index contributed by atoms with van der Waals surface area (Å²) >= 11 is 0. The van der Waals surface area contributed by atoms with Crippen LogP contribution in [0, 0.1) is 0 Å². The fourth-order valence-electron chi connectivity index (χ4n) is 1.17. The first-order valence-electron chi connectivity index (χ1n) is 5.18. The molecule has 5 nitrogen and oxygen atoms in total. The van der Waals surface area contributed by atoms with E-state index in [1.54, 1.807) is 39.0 Å². The van der Waals surface area contributed by atoms with Crippen LogP contribution in [0.1, 0.15) is 31.1 Å². The quantitative estimate of drug-likeness (QED) is 0.825. The molecule has 17 heavy (non-hydrogen) atoms. The van der Waals surface area contributed by atoms with E-state index in [2.05, 4.69) is 5.32 Å². The molecule has 0 unspecified atom stereocenters. The molecule has 0 bridgehead atoms.